The lowest BCUT2D eigenvalue weighted by Crippen LogP contribution is -2.50. The number of hydrogen-bond acceptors (Lipinski definition) is 2. The fraction of sp³-hybridized carbons (Fsp3) is 1.00. The zero-order valence-corrected chi connectivity index (χ0v) is 10.7. The summed E-state index contributed by atoms with van der Waals surface area (Å²) < 4.78 is 0. The van der Waals surface area contributed by atoms with Gasteiger partial charge in [-0.15, -0.1) is 0 Å². The second kappa shape index (κ2) is 5.86. The first-order chi connectivity index (χ1) is 7.06. The maximum absolute atomic E-state index is 10.1. The van der Waals surface area contributed by atoms with Crippen LogP contribution < -0.4 is 0 Å². The van der Waals surface area contributed by atoms with Crippen molar-refractivity contribution in [2.75, 3.05) is 6.54 Å². The van der Waals surface area contributed by atoms with Crippen LogP contribution in [-0.4, -0.2) is 34.7 Å². The van der Waals surface area contributed by atoms with Gasteiger partial charge in [0.25, 0.3) is 0 Å². The highest BCUT2D eigenvalue weighted by Gasteiger charge is 2.32. The van der Waals surface area contributed by atoms with Gasteiger partial charge in [0.1, 0.15) is 0 Å². The predicted octanol–water partition coefficient (Wildman–Crippen LogP) is 2.66. The van der Waals surface area contributed by atoms with Gasteiger partial charge < -0.3 is 5.11 Å². The summed E-state index contributed by atoms with van der Waals surface area (Å²) in [5.41, 5.74) is 0. The van der Waals surface area contributed by atoms with E-state index in [9.17, 15) is 5.11 Å². The Balaban J connectivity index is 2.62. The molecule has 1 aliphatic rings. The van der Waals surface area contributed by atoms with E-state index in [0.717, 1.165) is 18.9 Å². The molecule has 3 unspecified atom stereocenters. The lowest BCUT2D eigenvalue weighted by molar-refractivity contribution is -0.00805. The van der Waals surface area contributed by atoms with Crippen molar-refractivity contribution >= 4 is 0 Å². The lowest BCUT2D eigenvalue weighted by Gasteiger charge is -2.42. The summed E-state index contributed by atoms with van der Waals surface area (Å²) in [6.07, 6.45) is 4.42. The van der Waals surface area contributed by atoms with Crippen LogP contribution in [0.15, 0.2) is 0 Å². The number of hydrogen-bond donors (Lipinski definition) is 1. The zero-order chi connectivity index (χ0) is 11.4. The molecule has 0 aromatic rings. The molecule has 1 saturated carbocycles. The molecule has 0 aromatic carbocycles. The Labute approximate surface area is 94.7 Å². The van der Waals surface area contributed by atoms with Crippen molar-refractivity contribution in [3.05, 3.63) is 0 Å². The van der Waals surface area contributed by atoms with Gasteiger partial charge >= 0.3 is 0 Å². The van der Waals surface area contributed by atoms with Gasteiger partial charge in [-0.2, -0.15) is 0 Å². The first-order valence-corrected chi connectivity index (χ1v) is 6.50. The molecule has 0 amide bonds. The first-order valence-electron chi connectivity index (χ1n) is 6.50. The normalized spacial score (nSPS) is 32.6. The van der Waals surface area contributed by atoms with Crippen molar-refractivity contribution in [2.45, 2.75) is 71.6 Å². The lowest BCUT2D eigenvalue weighted by atomic mass is 9.83. The summed E-state index contributed by atoms with van der Waals surface area (Å²) in [6, 6.07) is 0.948. The van der Waals surface area contributed by atoms with E-state index in [-0.39, 0.29) is 6.10 Å². The number of aliphatic hydroxyl groups is 1. The molecule has 0 saturated heterocycles. The Bertz CT molecular complexity index is 181. The molecular formula is C13H27NO. The molecule has 1 aliphatic carbocycles. The smallest absolute Gasteiger partial charge is 0.0695 e. The topological polar surface area (TPSA) is 23.5 Å². The van der Waals surface area contributed by atoms with Crippen LogP contribution in [0.4, 0.5) is 0 Å². The molecule has 1 fully saturated rings. The van der Waals surface area contributed by atoms with Crippen LogP contribution in [0.25, 0.3) is 0 Å². The van der Waals surface area contributed by atoms with Crippen LogP contribution in [0.3, 0.4) is 0 Å². The van der Waals surface area contributed by atoms with Gasteiger partial charge in [0.15, 0.2) is 0 Å². The van der Waals surface area contributed by atoms with Crippen molar-refractivity contribution in [2.24, 2.45) is 5.92 Å². The first kappa shape index (κ1) is 13.0. The summed E-state index contributed by atoms with van der Waals surface area (Å²) in [5.74, 6) is 0.775. The Morgan fingerprint density at radius 1 is 1.33 bits per heavy atom. The maximum Gasteiger partial charge on any atom is 0.0695 e. The SMILES string of the molecule is CCCN(C(C)C)C1CC(C)CCC1O. The summed E-state index contributed by atoms with van der Waals surface area (Å²) in [7, 11) is 0. The largest absolute Gasteiger partial charge is 0.391 e. The highest BCUT2D eigenvalue weighted by molar-refractivity contribution is 4.86. The van der Waals surface area contributed by atoms with Gasteiger partial charge in [-0.1, -0.05) is 13.8 Å². The minimum Gasteiger partial charge on any atom is -0.391 e. The van der Waals surface area contributed by atoms with Crippen molar-refractivity contribution in [1.82, 2.24) is 4.90 Å². The van der Waals surface area contributed by atoms with E-state index >= 15 is 0 Å². The van der Waals surface area contributed by atoms with Gasteiger partial charge in [0.05, 0.1) is 6.10 Å². The Morgan fingerprint density at radius 2 is 2.00 bits per heavy atom. The average Bonchev–Trinajstić information content (AvgIpc) is 2.18. The average molecular weight is 213 g/mol. The molecule has 1 N–H and O–H groups in total. The van der Waals surface area contributed by atoms with E-state index in [4.69, 9.17) is 0 Å². The monoisotopic (exact) mass is 213 g/mol. The molecule has 0 aliphatic heterocycles. The van der Waals surface area contributed by atoms with Crippen molar-refractivity contribution in [3.63, 3.8) is 0 Å². The van der Waals surface area contributed by atoms with Gasteiger partial charge in [0.2, 0.25) is 0 Å². The van der Waals surface area contributed by atoms with E-state index in [2.05, 4.69) is 32.6 Å². The van der Waals surface area contributed by atoms with Crippen LogP contribution in [0.5, 0.6) is 0 Å². The Morgan fingerprint density at radius 3 is 2.53 bits per heavy atom. The fourth-order valence-electron chi connectivity index (χ4n) is 2.76. The summed E-state index contributed by atoms with van der Waals surface area (Å²) >= 11 is 0. The Kier molecular flexibility index (Phi) is 5.07. The van der Waals surface area contributed by atoms with Crippen LogP contribution in [-0.2, 0) is 0 Å². The highest BCUT2D eigenvalue weighted by Crippen LogP contribution is 2.28. The highest BCUT2D eigenvalue weighted by atomic mass is 16.3. The third kappa shape index (κ3) is 3.46. The minimum atomic E-state index is -0.102. The standard InChI is InChI=1S/C13H27NO/c1-5-8-14(10(2)3)12-9-11(4)6-7-13(12)15/h10-13,15H,5-9H2,1-4H3. The molecule has 2 heteroatoms. The molecule has 3 atom stereocenters. The molecule has 1 rings (SSSR count). The predicted molar refractivity (Wildman–Crippen MR) is 64.9 cm³/mol. The molecule has 0 bridgehead atoms. The van der Waals surface area contributed by atoms with E-state index in [1.54, 1.807) is 0 Å². The number of aliphatic hydroxyl groups excluding tert-OH is 1. The summed E-state index contributed by atoms with van der Waals surface area (Å²) in [5, 5.41) is 10.1. The quantitative estimate of drug-likeness (QED) is 0.776. The van der Waals surface area contributed by atoms with Crippen molar-refractivity contribution < 1.29 is 5.11 Å². The zero-order valence-electron chi connectivity index (χ0n) is 10.7. The molecule has 15 heavy (non-hydrogen) atoms. The fourth-order valence-corrected chi connectivity index (χ4v) is 2.76. The van der Waals surface area contributed by atoms with Gasteiger partial charge in [-0.3, -0.25) is 4.90 Å². The molecule has 90 valence electrons. The molecule has 0 heterocycles. The Hall–Kier alpha value is -0.0800. The van der Waals surface area contributed by atoms with E-state index in [1.807, 2.05) is 0 Å². The third-order valence-corrected chi connectivity index (χ3v) is 3.61. The third-order valence-electron chi connectivity index (χ3n) is 3.61. The minimum absolute atomic E-state index is 0.102. The number of rotatable bonds is 4. The van der Waals surface area contributed by atoms with E-state index < -0.39 is 0 Å². The molecule has 0 aromatic heterocycles. The van der Waals surface area contributed by atoms with Crippen LogP contribution in [0.2, 0.25) is 0 Å². The molecule has 0 spiro atoms. The van der Waals surface area contributed by atoms with E-state index in [0.29, 0.717) is 12.1 Å². The van der Waals surface area contributed by atoms with Crippen molar-refractivity contribution in [1.29, 1.82) is 0 Å². The maximum atomic E-state index is 10.1. The van der Waals surface area contributed by atoms with Gasteiger partial charge in [-0.25, -0.2) is 0 Å². The van der Waals surface area contributed by atoms with Gasteiger partial charge in [-0.05, 0) is 52.0 Å². The molecular weight excluding hydrogens is 186 g/mol. The number of nitrogens with zero attached hydrogens (tertiary/aromatic N) is 1. The van der Waals surface area contributed by atoms with Crippen LogP contribution in [0.1, 0.15) is 53.4 Å². The summed E-state index contributed by atoms with van der Waals surface area (Å²) in [6.45, 7) is 10.1. The molecule has 2 nitrogen and oxygen atoms in total. The van der Waals surface area contributed by atoms with Crippen molar-refractivity contribution in [3.8, 4) is 0 Å². The van der Waals surface area contributed by atoms with Crippen LogP contribution >= 0.6 is 0 Å². The van der Waals surface area contributed by atoms with Crippen LogP contribution in [0, 0.1) is 5.92 Å². The van der Waals surface area contributed by atoms with E-state index in [1.165, 1.54) is 19.3 Å². The molecule has 0 radical (unpaired) electrons. The van der Waals surface area contributed by atoms with Gasteiger partial charge in [0, 0.05) is 12.1 Å². The summed E-state index contributed by atoms with van der Waals surface area (Å²) in [4.78, 5) is 2.49. The second-order valence-corrected chi connectivity index (χ2v) is 5.38. The second-order valence-electron chi connectivity index (χ2n) is 5.38.